The average Bonchev–Trinajstić information content (AvgIpc) is 3.17. The van der Waals surface area contributed by atoms with Gasteiger partial charge >= 0.3 is 11.9 Å². The van der Waals surface area contributed by atoms with E-state index in [2.05, 4.69) is 0 Å². The quantitative estimate of drug-likeness (QED) is 0.320. The van der Waals surface area contributed by atoms with Crippen LogP contribution in [0.1, 0.15) is 23.2 Å². The minimum absolute atomic E-state index is 0.0223. The number of hydrogen-bond acceptors (Lipinski definition) is 8. The van der Waals surface area contributed by atoms with Gasteiger partial charge in [-0.2, -0.15) is 0 Å². The SMILES string of the molecule is O=C(COc1ccc2c(-c3ccccc3C(=O)O)c3ccc(=O)cc-3oc2c1)ON1C(=O)CCC1=O. The second kappa shape index (κ2) is 8.99. The second-order valence-corrected chi connectivity index (χ2v) is 7.98. The van der Waals surface area contributed by atoms with Crippen molar-refractivity contribution in [3.05, 3.63) is 76.5 Å². The van der Waals surface area contributed by atoms with E-state index < -0.39 is 30.4 Å². The Morgan fingerprint density at radius 3 is 2.42 bits per heavy atom. The number of carboxylic acid groups (broad SMARTS) is 1. The molecule has 1 N–H and O–H groups in total. The predicted molar refractivity (Wildman–Crippen MR) is 124 cm³/mol. The summed E-state index contributed by atoms with van der Waals surface area (Å²) in [5.41, 5.74) is 1.61. The molecule has 1 saturated heterocycles. The molecule has 1 fully saturated rings. The molecule has 2 heterocycles. The van der Waals surface area contributed by atoms with Crippen molar-refractivity contribution in [3.8, 4) is 28.2 Å². The average molecular weight is 487 g/mol. The Labute approximate surface area is 202 Å². The van der Waals surface area contributed by atoms with Crippen molar-refractivity contribution in [1.82, 2.24) is 5.06 Å². The third-order valence-electron chi connectivity index (χ3n) is 5.65. The maximum absolute atomic E-state index is 12.1. The maximum Gasteiger partial charge on any atom is 0.370 e. The number of carboxylic acids is 1. The van der Waals surface area contributed by atoms with Gasteiger partial charge < -0.3 is 19.1 Å². The summed E-state index contributed by atoms with van der Waals surface area (Å²) in [6.45, 7) is -0.588. The Hall–Kier alpha value is -4.99. The van der Waals surface area contributed by atoms with E-state index in [4.69, 9.17) is 14.0 Å². The summed E-state index contributed by atoms with van der Waals surface area (Å²) in [6, 6.07) is 15.4. The fourth-order valence-electron chi connectivity index (χ4n) is 4.05. The first-order valence-corrected chi connectivity index (χ1v) is 10.8. The van der Waals surface area contributed by atoms with Crippen LogP contribution in [0, 0.1) is 0 Å². The molecule has 0 atom stereocenters. The lowest BCUT2D eigenvalue weighted by Gasteiger charge is -2.17. The minimum atomic E-state index is -1.11. The number of benzene rings is 3. The van der Waals surface area contributed by atoms with E-state index >= 15 is 0 Å². The van der Waals surface area contributed by atoms with E-state index in [0.717, 1.165) is 0 Å². The second-order valence-electron chi connectivity index (χ2n) is 7.98. The van der Waals surface area contributed by atoms with Gasteiger partial charge in [-0.15, -0.1) is 5.06 Å². The van der Waals surface area contributed by atoms with Gasteiger partial charge in [-0.1, -0.05) is 18.2 Å². The van der Waals surface area contributed by atoms with Gasteiger partial charge in [0.2, 0.25) is 0 Å². The van der Waals surface area contributed by atoms with Crippen LogP contribution in [0.3, 0.4) is 0 Å². The molecule has 0 unspecified atom stereocenters. The van der Waals surface area contributed by atoms with Crippen LogP contribution in [-0.2, 0) is 19.2 Å². The molecule has 2 amide bonds. The number of carbonyl (C=O) groups is 4. The number of rotatable bonds is 6. The van der Waals surface area contributed by atoms with Crippen LogP contribution in [0.5, 0.6) is 5.75 Å². The first-order chi connectivity index (χ1) is 17.3. The summed E-state index contributed by atoms with van der Waals surface area (Å²) < 4.78 is 11.4. The van der Waals surface area contributed by atoms with E-state index in [1.807, 2.05) is 0 Å². The van der Waals surface area contributed by atoms with Gasteiger partial charge in [0, 0.05) is 41.5 Å². The highest BCUT2D eigenvalue weighted by molar-refractivity contribution is 6.07. The summed E-state index contributed by atoms with van der Waals surface area (Å²) in [5, 5.41) is 10.7. The zero-order valence-electron chi connectivity index (χ0n) is 18.6. The molecule has 10 nitrogen and oxygen atoms in total. The largest absolute Gasteiger partial charge is 0.482 e. The van der Waals surface area contributed by atoms with Crippen molar-refractivity contribution >= 4 is 34.7 Å². The molecular formula is C26H17NO9. The standard InChI is InChI=1S/C26H17NO9/c28-14-5-7-18-20(11-14)35-21-12-15(34-13-24(31)36-27-22(29)9-10-23(27)30)6-8-19(21)25(18)16-3-1-2-4-17(16)26(32)33/h1-8,11-12H,9-10,13H2,(H,32,33). The number of nitrogens with zero attached hydrogens (tertiary/aromatic N) is 1. The van der Waals surface area contributed by atoms with Crippen molar-refractivity contribution in [3.63, 3.8) is 0 Å². The van der Waals surface area contributed by atoms with Crippen LogP contribution in [0.15, 0.2) is 69.9 Å². The highest BCUT2D eigenvalue weighted by Gasteiger charge is 2.33. The van der Waals surface area contributed by atoms with E-state index in [0.29, 0.717) is 27.1 Å². The van der Waals surface area contributed by atoms with Crippen LogP contribution >= 0.6 is 0 Å². The molecule has 0 spiro atoms. The monoisotopic (exact) mass is 487 g/mol. The molecule has 1 aliphatic carbocycles. The number of hydroxylamine groups is 2. The maximum atomic E-state index is 12.1. The number of imide groups is 1. The molecule has 0 saturated carbocycles. The highest BCUT2D eigenvalue weighted by Crippen LogP contribution is 2.41. The number of carbonyl (C=O) groups excluding carboxylic acids is 3. The third-order valence-corrected chi connectivity index (χ3v) is 5.65. The molecule has 180 valence electrons. The van der Waals surface area contributed by atoms with Gasteiger partial charge in [0.1, 0.15) is 17.1 Å². The van der Waals surface area contributed by atoms with Crippen LogP contribution in [0.2, 0.25) is 0 Å². The van der Waals surface area contributed by atoms with Crippen molar-refractivity contribution in [2.75, 3.05) is 6.61 Å². The summed E-state index contributed by atoms with van der Waals surface area (Å²) in [5.74, 6) is -2.80. The Bertz CT molecular complexity index is 1570. The fourth-order valence-corrected chi connectivity index (χ4v) is 4.05. The molecule has 0 radical (unpaired) electrons. The number of amides is 2. The molecule has 10 heteroatoms. The van der Waals surface area contributed by atoms with Crippen LogP contribution < -0.4 is 10.2 Å². The van der Waals surface area contributed by atoms with E-state index in [1.165, 1.54) is 24.3 Å². The molecular weight excluding hydrogens is 470 g/mol. The van der Waals surface area contributed by atoms with Crippen molar-refractivity contribution < 1.29 is 38.3 Å². The van der Waals surface area contributed by atoms with Gasteiger partial charge in [-0.05, 0) is 35.9 Å². The molecule has 2 aliphatic heterocycles. The molecule has 2 aromatic carbocycles. The Morgan fingerprint density at radius 2 is 1.67 bits per heavy atom. The van der Waals surface area contributed by atoms with E-state index in [-0.39, 0.29) is 40.9 Å². The first kappa shape index (κ1) is 22.8. The smallest absolute Gasteiger partial charge is 0.370 e. The van der Waals surface area contributed by atoms with Gasteiger partial charge in [-0.3, -0.25) is 14.4 Å². The molecule has 0 aromatic heterocycles. The Balaban J connectivity index is 1.53. The molecule has 36 heavy (non-hydrogen) atoms. The van der Waals surface area contributed by atoms with Gasteiger partial charge in [-0.25, -0.2) is 9.59 Å². The van der Waals surface area contributed by atoms with Crippen molar-refractivity contribution in [1.29, 1.82) is 0 Å². The normalized spacial score (nSPS) is 13.4. The van der Waals surface area contributed by atoms with Crippen LogP contribution in [-0.4, -0.2) is 40.5 Å². The van der Waals surface area contributed by atoms with E-state index in [1.54, 1.807) is 36.4 Å². The first-order valence-electron chi connectivity index (χ1n) is 10.8. The number of hydrogen-bond donors (Lipinski definition) is 1. The fraction of sp³-hybridized carbons (Fsp3) is 0.115. The van der Waals surface area contributed by atoms with Gasteiger partial charge in [0.05, 0.1) is 5.56 Å². The zero-order chi connectivity index (χ0) is 25.4. The Morgan fingerprint density at radius 1 is 0.917 bits per heavy atom. The third kappa shape index (κ3) is 4.16. The topological polar surface area (TPSA) is 140 Å². The lowest BCUT2D eigenvalue weighted by molar-refractivity contribution is -0.198. The zero-order valence-corrected chi connectivity index (χ0v) is 18.6. The molecule has 3 aliphatic rings. The lowest BCUT2D eigenvalue weighted by Crippen LogP contribution is -2.33. The van der Waals surface area contributed by atoms with Crippen LogP contribution in [0.4, 0.5) is 0 Å². The van der Waals surface area contributed by atoms with Crippen molar-refractivity contribution in [2.45, 2.75) is 12.8 Å². The Kier molecular flexibility index (Phi) is 5.69. The number of fused-ring (bicyclic) bond motifs is 2. The van der Waals surface area contributed by atoms with Crippen molar-refractivity contribution in [2.24, 2.45) is 0 Å². The number of ether oxygens (including phenoxy) is 1. The molecule has 0 bridgehead atoms. The van der Waals surface area contributed by atoms with Gasteiger partial charge in [0.15, 0.2) is 12.0 Å². The lowest BCUT2D eigenvalue weighted by atomic mass is 9.91. The highest BCUT2D eigenvalue weighted by atomic mass is 16.7. The molecule has 5 rings (SSSR count). The minimum Gasteiger partial charge on any atom is -0.482 e. The number of aromatic carboxylic acids is 1. The van der Waals surface area contributed by atoms with E-state index in [9.17, 15) is 29.1 Å². The molecule has 2 aromatic rings. The summed E-state index contributed by atoms with van der Waals surface area (Å²) in [4.78, 5) is 64.0. The predicted octanol–water partition coefficient (Wildman–Crippen LogP) is 3.25. The summed E-state index contributed by atoms with van der Waals surface area (Å²) in [7, 11) is 0. The van der Waals surface area contributed by atoms with Gasteiger partial charge in [0.25, 0.3) is 11.8 Å². The van der Waals surface area contributed by atoms with Crippen LogP contribution in [0.25, 0.3) is 33.4 Å². The summed E-state index contributed by atoms with van der Waals surface area (Å²) >= 11 is 0. The summed E-state index contributed by atoms with van der Waals surface area (Å²) in [6.07, 6.45) is -0.0446.